The monoisotopic (exact) mass is 271 g/mol. The molecule has 18 heavy (non-hydrogen) atoms. The highest BCUT2D eigenvalue weighted by Gasteiger charge is 2.23. The van der Waals surface area contributed by atoms with Crippen LogP contribution in [-0.2, 0) is 9.63 Å². The Morgan fingerprint density at radius 2 is 2.39 bits per heavy atom. The van der Waals surface area contributed by atoms with Gasteiger partial charge in [0.2, 0.25) is 0 Å². The van der Waals surface area contributed by atoms with Gasteiger partial charge in [-0.05, 0) is 11.4 Å². The molecule has 0 unspecified atom stereocenters. The summed E-state index contributed by atoms with van der Waals surface area (Å²) in [6, 6.07) is 3.41. The molecule has 1 aliphatic rings. The Bertz CT molecular complexity index is 423. The molecule has 2 heterocycles. The number of nitrogens with one attached hydrogen (secondary N) is 2. The van der Waals surface area contributed by atoms with E-state index in [1.54, 1.807) is 17.5 Å². The van der Waals surface area contributed by atoms with Crippen LogP contribution in [0.25, 0.3) is 0 Å². The van der Waals surface area contributed by atoms with E-state index in [0.29, 0.717) is 4.88 Å². The van der Waals surface area contributed by atoms with E-state index in [1.165, 1.54) is 16.4 Å². The maximum atomic E-state index is 11.5. The van der Waals surface area contributed by atoms with E-state index >= 15 is 0 Å². The summed E-state index contributed by atoms with van der Waals surface area (Å²) in [6.45, 7) is 0.433. The maximum absolute atomic E-state index is 11.5. The summed E-state index contributed by atoms with van der Waals surface area (Å²) in [5.41, 5.74) is 4.57. The molecule has 0 aliphatic carbocycles. The number of aliphatic hydroxyl groups excluding tert-OH is 1. The van der Waals surface area contributed by atoms with Gasteiger partial charge in [0.05, 0.1) is 24.1 Å². The largest absolute Gasteiger partial charge is 0.389 e. The van der Waals surface area contributed by atoms with E-state index in [1.807, 2.05) is 0 Å². The molecule has 1 saturated heterocycles. The molecule has 7 nitrogen and oxygen atoms in total. The van der Waals surface area contributed by atoms with Crippen molar-refractivity contribution in [2.24, 2.45) is 0 Å². The average molecular weight is 271 g/mol. The molecule has 1 atom stereocenters. The summed E-state index contributed by atoms with van der Waals surface area (Å²) in [6.07, 6.45) is -0.571. The first-order valence-corrected chi connectivity index (χ1v) is 6.22. The Kier molecular flexibility index (Phi) is 4.26. The molecule has 2 rings (SSSR count). The molecule has 98 valence electrons. The van der Waals surface area contributed by atoms with Gasteiger partial charge in [0.25, 0.3) is 11.8 Å². The number of carbonyl (C=O) groups excluding carboxylic acids is 2. The lowest BCUT2D eigenvalue weighted by atomic mass is 10.4. The third-order valence-corrected chi connectivity index (χ3v) is 3.11. The van der Waals surface area contributed by atoms with Crippen LogP contribution < -0.4 is 10.9 Å². The van der Waals surface area contributed by atoms with E-state index in [-0.39, 0.29) is 25.6 Å². The normalized spacial score (nSPS) is 19.7. The number of β-amino-alcohol motifs (C(OH)–C–C–N with tert-alkyl or cyclic N) is 1. The van der Waals surface area contributed by atoms with Crippen molar-refractivity contribution in [2.75, 3.05) is 19.7 Å². The van der Waals surface area contributed by atoms with Gasteiger partial charge < -0.3 is 5.11 Å². The van der Waals surface area contributed by atoms with E-state index in [0.717, 1.165) is 0 Å². The molecule has 0 saturated carbocycles. The number of hydrogen-bond donors (Lipinski definition) is 3. The van der Waals surface area contributed by atoms with Crippen molar-refractivity contribution in [3.63, 3.8) is 0 Å². The lowest BCUT2D eigenvalue weighted by Crippen LogP contribution is -2.45. The SMILES string of the molecule is O=C(CN1C[C@@H](O)CO1)NNC(=O)c1cccs1. The topological polar surface area (TPSA) is 90.9 Å². The highest BCUT2D eigenvalue weighted by Crippen LogP contribution is 2.07. The molecule has 8 heteroatoms. The molecule has 3 N–H and O–H groups in total. The lowest BCUT2D eigenvalue weighted by molar-refractivity contribution is -0.142. The van der Waals surface area contributed by atoms with Crippen molar-refractivity contribution in [3.8, 4) is 0 Å². The van der Waals surface area contributed by atoms with Crippen molar-refractivity contribution in [2.45, 2.75) is 6.10 Å². The van der Waals surface area contributed by atoms with Crippen molar-refractivity contribution in [1.29, 1.82) is 0 Å². The third kappa shape index (κ3) is 3.50. The summed E-state index contributed by atoms with van der Waals surface area (Å²) in [4.78, 5) is 28.5. The highest BCUT2D eigenvalue weighted by molar-refractivity contribution is 7.12. The van der Waals surface area contributed by atoms with Crippen molar-refractivity contribution >= 4 is 23.2 Å². The second-order valence-electron chi connectivity index (χ2n) is 3.75. The molecule has 1 fully saturated rings. The molecule has 0 aromatic carbocycles. The van der Waals surface area contributed by atoms with E-state index < -0.39 is 12.0 Å². The zero-order chi connectivity index (χ0) is 13.0. The number of hydrazine groups is 1. The van der Waals surface area contributed by atoms with Crippen LogP contribution in [-0.4, -0.2) is 47.8 Å². The fraction of sp³-hybridized carbons (Fsp3) is 0.400. The van der Waals surface area contributed by atoms with Crippen LogP contribution in [0.2, 0.25) is 0 Å². The Balaban J connectivity index is 1.70. The molecule has 1 aliphatic heterocycles. The fourth-order valence-corrected chi connectivity index (χ4v) is 2.06. The van der Waals surface area contributed by atoms with Crippen molar-refractivity contribution < 1.29 is 19.5 Å². The molecule has 0 radical (unpaired) electrons. The molecular weight excluding hydrogens is 258 g/mol. The van der Waals surface area contributed by atoms with Gasteiger partial charge in [-0.15, -0.1) is 11.3 Å². The Hall–Kier alpha value is -1.48. The van der Waals surface area contributed by atoms with Crippen molar-refractivity contribution in [1.82, 2.24) is 15.9 Å². The summed E-state index contributed by atoms with van der Waals surface area (Å²) in [5.74, 6) is -0.769. The highest BCUT2D eigenvalue weighted by atomic mass is 32.1. The zero-order valence-electron chi connectivity index (χ0n) is 9.46. The Morgan fingerprint density at radius 1 is 1.56 bits per heavy atom. The van der Waals surface area contributed by atoms with Crippen LogP contribution in [0, 0.1) is 0 Å². The summed E-state index contributed by atoms with van der Waals surface area (Å²) >= 11 is 1.28. The van der Waals surface area contributed by atoms with Gasteiger partial charge in [-0.25, -0.2) is 0 Å². The zero-order valence-corrected chi connectivity index (χ0v) is 10.3. The van der Waals surface area contributed by atoms with Crippen molar-refractivity contribution in [3.05, 3.63) is 22.4 Å². The number of aliphatic hydroxyl groups is 1. The van der Waals surface area contributed by atoms with Gasteiger partial charge in [0, 0.05) is 0 Å². The molecule has 0 bridgehead atoms. The smallest absolute Gasteiger partial charge is 0.279 e. The fourth-order valence-electron chi connectivity index (χ4n) is 1.44. The van der Waals surface area contributed by atoms with E-state index in [4.69, 9.17) is 4.84 Å². The predicted molar refractivity (Wildman–Crippen MR) is 63.5 cm³/mol. The average Bonchev–Trinajstić information content (AvgIpc) is 2.97. The van der Waals surface area contributed by atoms with Crippen LogP contribution in [0.3, 0.4) is 0 Å². The third-order valence-electron chi connectivity index (χ3n) is 2.24. The predicted octanol–water partition coefficient (Wildman–Crippen LogP) is -0.883. The minimum atomic E-state index is -0.571. The van der Waals surface area contributed by atoms with E-state index in [2.05, 4.69) is 10.9 Å². The second-order valence-corrected chi connectivity index (χ2v) is 4.70. The quantitative estimate of drug-likeness (QED) is 0.621. The van der Waals surface area contributed by atoms with Crippen LogP contribution in [0.4, 0.5) is 0 Å². The van der Waals surface area contributed by atoms with E-state index in [9.17, 15) is 14.7 Å². The number of carbonyl (C=O) groups is 2. The number of thiophene rings is 1. The molecule has 0 spiro atoms. The number of amides is 2. The number of rotatable bonds is 3. The van der Waals surface area contributed by atoms with Crippen LogP contribution in [0.5, 0.6) is 0 Å². The number of hydroxylamine groups is 2. The molecule has 2 amide bonds. The summed E-state index contributed by atoms with van der Waals surface area (Å²) in [5, 5.41) is 12.3. The van der Waals surface area contributed by atoms with Gasteiger partial charge in [-0.1, -0.05) is 6.07 Å². The van der Waals surface area contributed by atoms with Crippen LogP contribution in [0.15, 0.2) is 17.5 Å². The van der Waals surface area contributed by atoms with Gasteiger partial charge in [0.15, 0.2) is 0 Å². The first-order chi connectivity index (χ1) is 8.65. The van der Waals surface area contributed by atoms with Gasteiger partial charge in [-0.3, -0.25) is 25.3 Å². The summed E-state index contributed by atoms with van der Waals surface area (Å²) < 4.78 is 0. The molecule has 1 aromatic rings. The molecule has 1 aromatic heterocycles. The summed E-state index contributed by atoms with van der Waals surface area (Å²) in [7, 11) is 0. The Morgan fingerprint density at radius 3 is 3.00 bits per heavy atom. The first-order valence-electron chi connectivity index (χ1n) is 5.34. The first kappa shape index (κ1) is 13.0. The minimum Gasteiger partial charge on any atom is -0.389 e. The van der Waals surface area contributed by atoms with Gasteiger partial charge >= 0.3 is 0 Å². The van der Waals surface area contributed by atoms with Crippen LogP contribution in [0.1, 0.15) is 9.67 Å². The minimum absolute atomic E-state index is 0.0399. The lowest BCUT2D eigenvalue weighted by Gasteiger charge is -2.13. The van der Waals surface area contributed by atoms with Gasteiger partial charge in [-0.2, -0.15) is 5.06 Å². The maximum Gasteiger partial charge on any atom is 0.279 e. The van der Waals surface area contributed by atoms with Gasteiger partial charge in [0.1, 0.15) is 6.54 Å². The van der Waals surface area contributed by atoms with Crippen LogP contribution >= 0.6 is 11.3 Å². The second kappa shape index (κ2) is 5.91. The standard InChI is InChI=1S/C10H13N3O4S/c14-7-4-13(17-6-7)5-9(15)11-12-10(16)8-2-1-3-18-8/h1-3,7,14H,4-6H2,(H,11,15)(H,12,16)/t7-/m1/s1. The molecular formula is C10H13N3O4S. The Labute approximate surface area is 107 Å². The number of hydrogen-bond acceptors (Lipinski definition) is 6. The number of nitrogens with zero attached hydrogens (tertiary/aromatic N) is 1.